The van der Waals surface area contributed by atoms with Crippen molar-refractivity contribution in [1.29, 1.82) is 0 Å². The molecule has 0 radical (unpaired) electrons. The van der Waals surface area contributed by atoms with E-state index >= 15 is 0 Å². The number of aliphatic hydroxyl groups is 1. The highest BCUT2D eigenvalue weighted by molar-refractivity contribution is 5.44. The highest BCUT2D eigenvalue weighted by Gasteiger charge is 2.48. The van der Waals surface area contributed by atoms with E-state index in [9.17, 15) is 18.3 Å². The number of hydrogen-bond donors (Lipinski definition) is 1. The number of methoxy groups -OCH3 is 2. The Kier molecular flexibility index (Phi) is 4.37. The zero-order chi connectivity index (χ0) is 15.7. The van der Waals surface area contributed by atoms with Crippen LogP contribution >= 0.6 is 0 Å². The first kappa shape index (κ1) is 15.9. The molecule has 1 aliphatic rings. The Morgan fingerprint density at radius 2 is 1.95 bits per heavy atom. The minimum absolute atomic E-state index is 0.0537. The largest absolute Gasteiger partial charge is 0.497 e. The van der Waals surface area contributed by atoms with Crippen LogP contribution in [-0.2, 0) is 5.60 Å². The third-order valence-corrected chi connectivity index (χ3v) is 4.10. The summed E-state index contributed by atoms with van der Waals surface area (Å²) in [4.78, 5) is 0. The van der Waals surface area contributed by atoms with Crippen molar-refractivity contribution in [3.63, 3.8) is 0 Å². The molecule has 0 aromatic heterocycles. The summed E-state index contributed by atoms with van der Waals surface area (Å²) in [6, 6.07) is 4.80. The van der Waals surface area contributed by atoms with Crippen LogP contribution in [0.4, 0.5) is 13.2 Å². The van der Waals surface area contributed by atoms with Gasteiger partial charge in [0.05, 0.1) is 25.7 Å². The van der Waals surface area contributed by atoms with Gasteiger partial charge in [-0.05, 0) is 43.9 Å². The Labute approximate surface area is 121 Å². The Balaban J connectivity index is 2.38. The molecule has 1 aromatic carbocycles. The van der Waals surface area contributed by atoms with E-state index in [-0.39, 0.29) is 19.3 Å². The second kappa shape index (κ2) is 5.75. The van der Waals surface area contributed by atoms with E-state index in [4.69, 9.17) is 9.47 Å². The van der Waals surface area contributed by atoms with Gasteiger partial charge < -0.3 is 14.6 Å². The maximum atomic E-state index is 13.0. The zero-order valence-electron chi connectivity index (χ0n) is 12.0. The van der Waals surface area contributed by atoms with E-state index in [0.717, 1.165) is 0 Å². The summed E-state index contributed by atoms with van der Waals surface area (Å²) in [6.07, 6.45) is -3.98. The van der Waals surface area contributed by atoms with Gasteiger partial charge in [0, 0.05) is 5.56 Å². The molecule has 1 fully saturated rings. The summed E-state index contributed by atoms with van der Waals surface area (Å²) in [7, 11) is 2.90. The molecule has 1 N–H and O–H groups in total. The van der Waals surface area contributed by atoms with Gasteiger partial charge in [0.1, 0.15) is 11.5 Å². The first-order valence-corrected chi connectivity index (χ1v) is 6.82. The van der Waals surface area contributed by atoms with Crippen LogP contribution in [0.5, 0.6) is 11.5 Å². The molecule has 118 valence electrons. The Morgan fingerprint density at radius 3 is 2.52 bits per heavy atom. The molecule has 0 amide bonds. The minimum atomic E-state index is -4.29. The predicted molar refractivity (Wildman–Crippen MR) is 71.5 cm³/mol. The predicted octanol–water partition coefficient (Wildman–Crippen LogP) is 3.64. The molecule has 0 heterocycles. The smallest absolute Gasteiger partial charge is 0.391 e. The van der Waals surface area contributed by atoms with Crippen molar-refractivity contribution >= 4 is 0 Å². The molecular formula is C15H19F3O3. The fourth-order valence-corrected chi connectivity index (χ4v) is 2.95. The van der Waals surface area contributed by atoms with Gasteiger partial charge in [0.25, 0.3) is 0 Å². The SMILES string of the molecule is COc1ccc(OC)c(C2(O)CCCC(C(F)(F)F)C2)c1. The second-order valence-electron chi connectivity index (χ2n) is 5.43. The lowest BCUT2D eigenvalue weighted by Crippen LogP contribution is -2.38. The van der Waals surface area contributed by atoms with Crippen molar-refractivity contribution < 1.29 is 27.8 Å². The molecule has 21 heavy (non-hydrogen) atoms. The third-order valence-electron chi connectivity index (χ3n) is 4.10. The summed E-state index contributed by atoms with van der Waals surface area (Å²) in [5, 5.41) is 10.8. The summed E-state index contributed by atoms with van der Waals surface area (Å²) in [5.41, 5.74) is -1.18. The highest BCUT2D eigenvalue weighted by Crippen LogP contribution is 2.48. The van der Waals surface area contributed by atoms with Gasteiger partial charge in [-0.15, -0.1) is 0 Å². The van der Waals surface area contributed by atoms with Crippen LogP contribution in [0, 0.1) is 5.92 Å². The molecular weight excluding hydrogens is 285 g/mol. The molecule has 0 saturated heterocycles. The molecule has 3 nitrogen and oxygen atoms in total. The molecule has 1 aliphatic carbocycles. The summed E-state index contributed by atoms with van der Waals surface area (Å²) >= 11 is 0. The minimum Gasteiger partial charge on any atom is -0.497 e. The van der Waals surface area contributed by atoms with Crippen molar-refractivity contribution in [3.05, 3.63) is 23.8 Å². The summed E-state index contributed by atoms with van der Waals surface area (Å²) in [6.45, 7) is 0. The number of halogens is 3. The fourth-order valence-electron chi connectivity index (χ4n) is 2.95. The first-order chi connectivity index (χ1) is 9.80. The first-order valence-electron chi connectivity index (χ1n) is 6.82. The van der Waals surface area contributed by atoms with Crippen LogP contribution in [0.1, 0.15) is 31.2 Å². The third kappa shape index (κ3) is 3.26. The number of benzene rings is 1. The second-order valence-corrected chi connectivity index (χ2v) is 5.43. The molecule has 2 rings (SSSR count). The van der Waals surface area contributed by atoms with Gasteiger partial charge in [-0.2, -0.15) is 13.2 Å². The van der Waals surface area contributed by atoms with E-state index in [2.05, 4.69) is 0 Å². The lowest BCUT2D eigenvalue weighted by atomic mass is 9.74. The quantitative estimate of drug-likeness (QED) is 0.926. The molecule has 1 saturated carbocycles. The van der Waals surface area contributed by atoms with E-state index in [1.165, 1.54) is 14.2 Å². The van der Waals surface area contributed by atoms with Crippen LogP contribution in [0.15, 0.2) is 18.2 Å². The number of rotatable bonds is 3. The Bertz CT molecular complexity index is 501. The number of hydrogen-bond acceptors (Lipinski definition) is 3. The molecule has 0 aliphatic heterocycles. The van der Waals surface area contributed by atoms with Crippen LogP contribution in [0.25, 0.3) is 0 Å². The normalized spacial score (nSPS) is 26.5. The highest BCUT2D eigenvalue weighted by atomic mass is 19.4. The number of ether oxygens (including phenoxy) is 2. The topological polar surface area (TPSA) is 38.7 Å². The standard InChI is InChI=1S/C15H19F3O3/c1-20-11-5-6-13(21-2)12(8-11)14(19)7-3-4-10(9-14)15(16,17)18/h5-6,8,10,19H,3-4,7,9H2,1-2H3. The molecule has 2 atom stereocenters. The summed E-state index contributed by atoms with van der Waals surface area (Å²) in [5.74, 6) is -0.637. The van der Waals surface area contributed by atoms with Crippen molar-refractivity contribution in [3.8, 4) is 11.5 Å². The average Bonchev–Trinajstić information content (AvgIpc) is 2.45. The zero-order valence-corrected chi connectivity index (χ0v) is 12.0. The van der Waals surface area contributed by atoms with Gasteiger partial charge in [-0.1, -0.05) is 0 Å². The molecule has 6 heteroatoms. The van der Waals surface area contributed by atoms with Crippen LogP contribution < -0.4 is 9.47 Å². The van der Waals surface area contributed by atoms with Gasteiger partial charge in [0.2, 0.25) is 0 Å². The molecule has 1 aromatic rings. The van der Waals surface area contributed by atoms with E-state index < -0.39 is 17.7 Å². The van der Waals surface area contributed by atoms with Crippen molar-refractivity contribution in [2.75, 3.05) is 14.2 Å². The van der Waals surface area contributed by atoms with E-state index in [1.807, 2.05) is 0 Å². The maximum Gasteiger partial charge on any atom is 0.391 e. The molecule has 0 spiro atoms. The fraction of sp³-hybridized carbons (Fsp3) is 0.600. The van der Waals surface area contributed by atoms with Gasteiger partial charge in [0.15, 0.2) is 0 Å². The van der Waals surface area contributed by atoms with Gasteiger partial charge >= 0.3 is 6.18 Å². The van der Waals surface area contributed by atoms with Gasteiger partial charge in [-0.3, -0.25) is 0 Å². The summed E-state index contributed by atoms with van der Waals surface area (Å²) < 4.78 is 49.2. The van der Waals surface area contributed by atoms with Crippen LogP contribution in [0.2, 0.25) is 0 Å². The Morgan fingerprint density at radius 1 is 1.24 bits per heavy atom. The van der Waals surface area contributed by atoms with Crippen LogP contribution in [0.3, 0.4) is 0 Å². The van der Waals surface area contributed by atoms with E-state index in [1.54, 1.807) is 18.2 Å². The lowest BCUT2D eigenvalue weighted by molar-refractivity contribution is -0.202. The maximum absolute atomic E-state index is 13.0. The van der Waals surface area contributed by atoms with Gasteiger partial charge in [-0.25, -0.2) is 0 Å². The van der Waals surface area contributed by atoms with Crippen LogP contribution in [-0.4, -0.2) is 25.5 Å². The van der Waals surface area contributed by atoms with Crippen molar-refractivity contribution in [2.45, 2.75) is 37.5 Å². The van der Waals surface area contributed by atoms with E-state index in [0.29, 0.717) is 23.5 Å². The van der Waals surface area contributed by atoms with Crippen molar-refractivity contribution in [1.82, 2.24) is 0 Å². The Hall–Kier alpha value is -1.43. The monoisotopic (exact) mass is 304 g/mol. The average molecular weight is 304 g/mol. The molecule has 2 unspecified atom stereocenters. The lowest BCUT2D eigenvalue weighted by Gasteiger charge is -2.38. The number of alkyl halides is 3. The van der Waals surface area contributed by atoms with Crippen molar-refractivity contribution in [2.24, 2.45) is 5.92 Å². The molecule has 0 bridgehead atoms.